The molecule has 2 aliphatic carbocycles. The number of carbonyl (C=O) groups excluding carboxylic acids is 1. The molecular weight excluding hydrogens is 226 g/mol. The van der Waals surface area contributed by atoms with E-state index in [1.165, 1.54) is 32.8 Å². The lowest BCUT2D eigenvalue weighted by Crippen LogP contribution is -2.39. The van der Waals surface area contributed by atoms with Crippen molar-refractivity contribution in [1.82, 2.24) is 5.32 Å². The van der Waals surface area contributed by atoms with E-state index in [0.717, 1.165) is 31.8 Å². The number of methoxy groups -OCH3 is 1. The number of rotatable bonds is 6. The molecule has 0 saturated heterocycles. The average molecular weight is 253 g/mol. The molecule has 0 aliphatic heterocycles. The molecule has 2 fully saturated rings. The number of ether oxygens (including phenoxy) is 1. The first kappa shape index (κ1) is 13.9. The van der Waals surface area contributed by atoms with Crippen LogP contribution in [0, 0.1) is 16.7 Å². The maximum Gasteiger partial charge on any atom is 0.313 e. The van der Waals surface area contributed by atoms with Crippen LogP contribution in [-0.2, 0) is 9.53 Å². The molecule has 2 saturated carbocycles. The molecule has 0 unspecified atom stereocenters. The van der Waals surface area contributed by atoms with Crippen molar-refractivity contribution in [2.24, 2.45) is 16.7 Å². The van der Waals surface area contributed by atoms with Gasteiger partial charge in [-0.1, -0.05) is 26.7 Å². The van der Waals surface area contributed by atoms with Gasteiger partial charge in [-0.3, -0.25) is 4.79 Å². The van der Waals surface area contributed by atoms with Gasteiger partial charge in [0.05, 0.1) is 12.5 Å². The highest BCUT2D eigenvalue weighted by molar-refractivity contribution is 5.80. The second kappa shape index (κ2) is 5.20. The van der Waals surface area contributed by atoms with Crippen molar-refractivity contribution in [3.05, 3.63) is 0 Å². The van der Waals surface area contributed by atoms with Crippen LogP contribution < -0.4 is 5.32 Å². The van der Waals surface area contributed by atoms with E-state index in [-0.39, 0.29) is 11.4 Å². The van der Waals surface area contributed by atoms with E-state index in [2.05, 4.69) is 19.2 Å². The number of carbonyl (C=O) groups is 1. The van der Waals surface area contributed by atoms with Gasteiger partial charge in [0.25, 0.3) is 0 Å². The Morgan fingerprint density at radius 2 is 1.94 bits per heavy atom. The summed E-state index contributed by atoms with van der Waals surface area (Å²) in [4.78, 5) is 11.6. The van der Waals surface area contributed by atoms with Crippen molar-refractivity contribution in [3.63, 3.8) is 0 Å². The number of nitrogens with one attached hydrogen (secondary N) is 1. The molecule has 0 spiro atoms. The maximum absolute atomic E-state index is 11.6. The predicted octanol–water partition coefficient (Wildman–Crippen LogP) is 2.75. The molecule has 3 heteroatoms. The van der Waals surface area contributed by atoms with Crippen molar-refractivity contribution < 1.29 is 9.53 Å². The molecule has 3 nitrogen and oxygen atoms in total. The molecule has 104 valence electrons. The summed E-state index contributed by atoms with van der Waals surface area (Å²) >= 11 is 0. The third-order valence-electron chi connectivity index (χ3n) is 4.98. The molecule has 1 N–H and O–H groups in total. The topological polar surface area (TPSA) is 38.3 Å². The Balaban J connectivity index is 1.76. The largest absolute Gasteiger partial charge is 0.469 e. The van der Waals surface area contributed by atoms with Crippen molar-refractivity contribution in [2.75, 3.05) is 20.2 Å². The van der Waals surface area contributed by atoms with Crippen LogP contribution in [0.15, 0.2) is 0 Å². The highest BCUT2D eigenvalue weighted by Crippen LogP contribution is 2.46. The van der Waals surface area contributed by atoms with Gasteiger partial charge >= 0.3 is 5.97 Å². The molecule has 0 bridgehead atoms. The molecule has 0 amide bonds. The Morgan fingerprint density at radius 1 is 1.33 bits per heavy atom. The summed E-state index contributed by atoms with van der Waals surface area (Å²) in [5.41, 5.74) is 0.156. The first-order valence-electron chi connectivity index (χ1n) is 7.29. The normalized spacial score (nSPS) is 23.1. The van der Waals surface area contributed by atoms with Crippen LogP contribution in [-0.4, -0.2) is 26.2 Å². The van der Waals surface area contributed by atoms with Crippen LogP contribution in [0.25, 0.3) is 0 Å². The summed E-state index contributed by atoms with van der Waals surface area (Å²) in [6.45, 7) is 6.51. The summed E-state index contributed by atoms with van der Waals surface area (Å²) in [7, 11) is 1.49. The van der Waals surface area contributed by atoms with Crippen LogP contribution >= 0.6 is 0 Å². The Labute approximate surface area is 111 Å². The quantitative estimate of drug-likeness (QED) is 0.740. The minimum atomic E-state index is -0.194. The highest BCUT2D eigenvalue weighted by atomic mass is 16.5. The third-order valence-corrected chi connectivity index (χ3v) is 4.98. The SMILES string of the molecule is COC(=O)C1(CNCC(C)(C)C2CCCC2)CC1. The standard InChI is InChI=1S/C15H27NO2/c1-14(2,12-6-4-5-7-12)10-16-11-15(8-9-15)13(17)18-3/h12,16H,4-11H2,1-3H3. The summed E-state index contributed by atoms with van der Waals surface area (Å²) in [6.07, 6.45) is 7.49. The molecule has 0 radical (unpaired) electrons. The number of hydrogen-bond donors (Lipinski definition) is 1. The van der Waals surface area contributed by atoms with Gasteiger partial charge in [0, 0.05) is 13.1 Å². The van der Waals surface area contributed by atoms with E-state index in [4.69, 9.17) is 4.74 Å². The Morgan fingerprint density at radius 3 is 2.44 bits per heavy atom. The Bertz CT molecular complexity index is 302. The van der Waals surface area contributed by atoms with E-state index in [1.54, 1.807) is 0 Å². The van der Waals surface area contributed by atoms with Gasteiger partial charge in [0.2, 0.25) is 0 Å². The second-order valence-electron chi connectivity index (χ2n) is 6.85. The van der Waals surface area contributed by atoms with Gasteiger partial charge < -0.3 is 10.1 Å². The molecule has 0 heterocycles. The van der Waals surface area contributed by atoms with Crippen LogP contribution in [0.3, 0.4) is 0 Å². The van der Waals surface area contributed by atoms with E-state index >= 15 is 0 Å². The summed E-state index contributed by atoms with van der Waals surface area (Å²) in [5.74, 6) is 0.812. The first-order chi connectivity index (χ1) is 8.50. The molecule has 2 rings (SSSR count). The smallest absolute Gasteiger partial charge is 0.313 e. The van der Waals surface area contributed by atoms with E-state index in [0.29, 0.717) is 5.41 Å². The fourth-order valence-corrected chi connectivity index (χ4v) is 3.30. The van der Waals surface area contributed by atoms with Gasteiger partial charge in [-0.25, -0.2) is 0 Å². The van der Waals surface area contributed by atoms with Gasteiger partial charge in [-0.15, -0.1) is 0 Å². The zero-order valence-electron chi connectivity index (χ0n) is 12.1. The van der Waals surface area contributed by atoms with Crippen molar-refractivity contribution >= 4 is 5.97 Å². The molecule has 0 aromatic carbocycles. The zero-order chi connectivity index (χ0) is 13.2. The van der Waals surface area contributed by atoms with Crippen LogP contribution in [0.4, 0.5) is 0 Å². The van der Waals surface area contributed by atoms with Crippen molar-refractivity contribution in [2.45, 2.75) is 52.4 Å². The van der Waals surface area contributed by atoms with Crippen LogP contribution in [0.1, 0.15) is 52.4 Å². The molecule has 0 aromatic rings. The third kappa shape index (κ3) is 2.87. The zero-order valence-corrected chi connectivity index (χ0v) is 12.1. The minimum absolute atomic E-state index is 0.0336. The van der Waals surface area contributed by atoms with Gasteiger partial charge in [0.15, 0.2) is 0 Å². The van der Waals surface area contributed by atoms with Gasteiger partial charge in [-0.05, 0) is 37.0 Å². The summed E-state index contributed by atoms with van der Waals surface area (Å²) in [6, 6.07) is 0. The summed E-state index contributed by atoms with van der Waals surface area (Å²) in [5, 5.41) is 3.52. The van der Waals surface area contributed by atoms with Crippen LogP contribution in [0.2, 0.25) is 0 Å². The highest BCUT2D eigenvalue weighted by Gasteiger charge is 2.50. The lowest BCUT2D eigenvalue weighted by Gasteiger charge is -2.32. The van der Waals surface area contributed by atoms with E-state index < -0.39 is 0 Å². The predicted molar refractivity (Wildman–Crippen MR) is 72.3 cm³/mol. The van der Waals surface area contributed by atoms with Crippen LogP contribution in [0.5, 0.6) is 0 Å². The summed E-state index contributed by atoms with van der Waals surface area (Å²) < 4.78 is 4.88. The molecule has 0 atom stereocenters. The lowest BCUT2D eigenvalue weighted by molar-refractivity contribution is -0.146. The fraction of sp³-hybridized carbons (Fsp3) is 0.933. The first-order valence-corrected chi connectivity index (χ1v) is 7.29. The minimum Gasteiger partial charge on any atom is -0.469 e. The fourth-order valence-electron chi connectivity index (χ4n) is 3.30. The lowest BCUT2D eigenvalue weighted by atomic mass is 9.77. The molecule has 0 aromatic heterocycles. The maximum atomic E-state index is 11.6. The monoisotopic (exact) mass is 253 g/mol. The van der Waals surface area contributed by atoms with Gasteiger partial charge in [-0.2, -0.15) is 0 Å². The molecule has 2 aliphatic rings. The van der Waals surface area contributed by atoms with E-state index in [9.17, 15) is 4.79 Å². The number of hydrogen-bond acceptors (Lipinski definition) is 3. The second-order valence-corrected chi connectivity index (χ2v) is 6.85. The average Bonchev–Trinajstić information content (AvgIpc) is 2.92. The van der Waals surface area contributed by atoms with Gasteiger partial charge in [0.1, 0.15) is 0 Å². The van der Waals surface area contributed by atoms with Crippen molar-refractivity contribution in [3.8, 4) is 0 Å². The molecule has 18 heavy (non-hydrogen) atoms. The van der Waals surface area contributed by atoms with Crippen molar-refractivity contribution in [1.29, 1.82) is 0 Å². The number of esters is 1. The Kier molecular flexibility index (Phi) is 4.00. The molecular formula is C15H27NO2. The Hall–Kier alpha value is -0.570. The van der Waals surface area contributed by atoms with E-state index in [1.807, 2.05) is 0 Å².